The molecule has 0 aromatic heterocycles. The van der Waals surface area contributed by atoms with Gasteiger partial charge in [-0.2, -0.15) is 0 Å². The fraction of sp³-hybridized carbons (Fsp3) is 0.857. The van der Waals surface area contributed by atoms with Crippen LogP contribution in [0.3, 0.4) is 0 Å². The Morgan fingerprint density at radius 2 is 1.95 bits per heavy atom. The predicted molar refractivity (Wildman–Crippen MR) is 75.6 cm³/mol. The minimum absolute atomic E-state index is 0.166. The van der Waals surface area contributed by atoms with Crippen LogP contribution in [0.4, 0.5) is 4.79 Å². The van der Waals surface area contributed by atoms with Gasteiger partial charge < -0.3 is 20.5 Å². The van der Waals surface area contributed by atoms with Crippen molar-refractivity contribution in [2.45, 2.75) is 57.5 Å². The Bertz CT molecular complexity index is 314. The van der Waals surface area contributed by atoms with Crippen LogP contribution in [-0.4, -0.2) is 42.9 Å². The lowest BCUT2D eigenvalue weighted by atomic mass is 9.87. The molecular weight excluding hydrogens is 260 g/mol. The van der Waals surface area contributed by atoms with E-state index >= 15 is 0 Å². The van der Waals surface area contributed by atoms with Crippen LogP contribution in [-0.2, 0) is 9.53 Å². The zero-order valence-corrected chi connectivity index (χ0v) is 12.4. The summed E-state index contributed by atoms with van der Waals surface area (Å²) in [5, 5.41) is 14.5. The first-order valence-corrected chi connectivity index (χ1v) is 7.31. The highest BCUT2D eigenvalue weighted by Gasteiger charge is 2.23. The van der Waals surface area contributed by atoms with Crippen molar-refractivity contribution in [3.8, 4) is 0 Å². The van der Waals surface area contributed by atoms with Gasteiger partial charge in [0, 0.05) is 19.8 Å². The maximum absolute atomic E-state index is 11.8. The zero-order chi connectivity index (χ0) is 15.0. The number of urea groups is 1. The van der Waals surface area contributed by atoms with Crippen LogP contribution in [0.2, 0.25) is 0 Å². The first-order chi connectivity index (χ1) is 9.52. The van der Waals surface area contributed by atoms with E-state index in [9.17, 15) is 9.59 Å². The Kier molecular flexibility index (Phi) is 7.36. The van der Waals surface area contributed by atoms with Gasteiger partial charge in [0.05, 0.1) is 0 Å². The number of carbonyl (C=O) groups excluding carboxylic acids is 1. The number of carbonyl (C=O) groups is 2. The van der Waals surface area contributed by atoms with Crippen molar-refractivity contribution in [1.82, 2.24) is 10.6 Å². The van der Waals surface area contributed by atoms with E-state index in [2.05, 4.69) is 17.6 Å². The number of nitrogens with one attached hydrogen (secondary N) is 2. The number of aliphatic carboxylic acids is 1. The van der Waals surface area contributed by atoms with E-state index in [4.69, 9.17) is 9.84 Å². The maximum atomic E-state index is 11.8. The molecule has 1 atom stereocenters. The topological polar surface area (TPSA) is 87.7 Å². The second-order valence-corrected chi connectivity index (χ2v) is 5.60. The SMILES string of the molecule is COCCCC(NC(=O)NC1CCC(C)CC1)C(=O)O. The lowest BCUT2D eigenvalue weighted by molar-refractivity contribution is -0.139. The summed E-state index contributed by atoms with van der Waals surface area (Å²) >= 11 is 0. The van der Waals surface area contributed by atoms with Gasteiger partial charge in [-0.1, -0.05) is 6.92 Å². The fourth-order valence-electron chi connectivity index (χ4n) is 2.48. The highest BCUT2D eigenvalue weighted by molar-refractivity contribution is 5.82. The summed E-state index contributed by atoms with van der Waals surface area (Å²) in [5.74, 6) is -0.287. The predicted octanol–water partition coefficient (Wildman–Crippen LogP) is 1.74. The average Bonchev–Trinajstić information content (AvgIpc) is 2.40. The molecule has 0 radical (unpaired) electrons. The van der Waals surface area contributed by atoms with E-state index in [0.717, 1.165) is 31.6 Å². The number of hydrogen-bond acceptors (Lipinski definition) is 3. The van der Waals surface area contributed by atoms with Crippen molar-refractivity contribution in [1.29, 1.82) is 0 Å². The van der Waals surface area contributed by atoms with E-state index in [1.807, 2.05) is 0 Å². The third-order valence-corrected chi connectivity index (χ3v) is 3.80. The van der Waals surface area contributed by atoms with E-state index in [0.29, 0.717) is 19.4 Å². The van der Waals surface area contributed by atoms with E-state index in [-0.39, 0.29) is 12.1 Å². The molecule has 6 heteroatoms. The van der Waals surface area contributed by atoms with Crippen LogP contribution >= 0.6 is 0 Å². The molecule has 3 N–H and O–H groups in total. The van der Waals surface area contributed by atoms with E-state index < -0.39 is 12.0 Å². The van der Waals surface area contributed by atoms with Gasteiger partial charge in [0.2, 0.25) is 0 Å². The van der Waals surface area contributed by atoms with Crippen LogP contribution in [0.15, 0.2) is 0 Å². The molecule has 0 aromatic carbocycles. The van der Waals surface area contributed by atoms with Crippen molar-refractivity contribution in [3.05, 3.63) is 0 Å². The highest BCUT2D eigenvalue weighted by Crippen LogP contribution is 2.23. The monoisotopic (exact) mass is 286 g/mol. The Morgan fingerprint density at radius 3 is 2.50 bits per heavy atom. The highest BCUT2D eigenvalue weighted by atomic mass is 16.5. The Labute approximate surface area is 120 Å². The molecule has 0 heterocycles. The van der Waals surface area contributed by atoms with Crippen molar-refractivity contribution < 1.29 is 19.4 Å². The lowest BCUT2D eigenvalue weighted by Crippen LogP contribution is -2.49. The number of carboxylic acids is 1. The van der Waals surface area contributed by atoms with Crippen LogP contribution in [0.1, 0.15) is 45.4 Å². The van der Waals surface area contributed by atoms with Crippen LogP contribution in [0, 0.1) is 5.92 Å². The molecule has 0 aliphatic heterocycles. The molecule has 20 heavy (non-hydrogen) atoms. The summed E-state index contributed by atoms with van der Waals surface area (Å²) < 4.78 is 4.89. The normalized spacial score (nSPS) is 23.9. The summed E-state index contributed by atoms with van der Waals surface area (Å²) in [6.45, 7) is 2.71. The fourth-order valence-corrected chi connectivity index (χ4v) is 2.48. The minimum Gasteiger partial charge on any atom is -0.480 e. The molecular formula is C14H26N2O4. The number of rotatable bonds is 7. The first-order valence-electron chi connectivity index (χ1n) is 7.31. The largest absolute Gasteiger partial charge is 0.480 e. The summed E-state index contributed by atoms with van der Waals surface area (Å²) in [4.78, 5) is 22.9. The van der Waals surface area contributed by atoms with Crippen LogP contribution < -0.4 is 10.6 Å². The van der Waals surface area contributed by atoms with Gasteiger partial charge in [0.1, 0.15) is 6.04 Å². The van der Waals surface area contributed by atoms with Gasteiger partial charge in [0.25, 0.3) is 0 Å². The van der Waals surface area contributed by atoms with Crippen LogP contribution in [0.25, 0.3) is 0 Å². The molecule has 0 bridgehead atoms. The second kappa shape index (κ2) is 8.79. The number of amides is 2. The average molecular weight is 286 g/mol. The molecule has 1 unspecified atom stereocenters. The maximum Gasteiger partial charge on any atom is 0.326 e. The van der Waals surface area contributed by atoms with Gasteiger partial charge >= 0.3 is 12.0 Å². The molecule has 0 aromatic rings. The molecule has 1 aliphatic rings. The Hall–Kier alpha value is -1.30. The third-order valence-electron chi connectivity index (χ3n) is 3.80. The van der Waals surface area contributed by atoms with Crippen LogP contribution in [0.5, 0.6) is 0 Å². The van der Waals surface area contributed by atoms with Gasteiger partial charge in [0.15, 0.2) is 0 Å². The molecule has 1 aliphatic carbocycles. The molecule has 0 saturated heterocycles. The Balaban J connectivity index is 2.32. The van der Waals surface area contributed by atoms with Crippen molar-refractivity contribution in [3.63, 3.8) is 0 Å². The smallest absolute Gasteiger partial charge is 0.326 e. The molecule has 6 nitrogen and oxygen atoms in total. The van der Waals surface area contributed by atoms with E-state index in [1.54, 1.807) is 7.11 Å². The Morgan fingerprint density at radius 1 is 1.30 bits per heavy atom. The standard InChI is InChI=1S/C14H26N2O4/c1-10-5-7-11(8-6-10)15-14(19)16-12(13(17)18)4-3-9-20-2/h10-12H,3-9H2,1-2H3,(H,17,18)(H2,15,16,19). The molecule has 1 saturated carbocycles. The minimum atomic E-state index is -1.01. The molecule has 0 spiro atoms. The van der Waals surface area contributed by atoms with Gasteiger partial charge in [-0.3, -0.25) is 0 Å². The summed E-state index contributed by atoms with van der Waals surface area (Å²) in [5.41, 5.74) is 0. The van der Waals surface area contributed by atoms with Crippen molar-refractivity contribution in [2.75, 3.05) is 13.7 Å². The van der Waals surface area contributed by atoms with Gasteiger partial charge in [-0.25, -0.2) is 9.59 Å². The number of ether oxygens (including phenoxy) is 1. The van der Waals surface area contributed by atoms with Gasteiger partial charge in [-0.05, 0) is 44.4 Å². The quantitative estimate of drug-likeness (QED) is 0.622. The van der Waals surface area contributed by atoms with Crippen molar-refractivity contribution >= 4 is 12.0 Å². The molecule has 1 fully saturated rings. The lowest BCUT2D eigenvalue weighted by Gasteiger charge is -2.27. The molecule has 1 rings (SSSR count). The van der Waals surface area contributed by atoms with E-state index in [1.165, 1.54) is 0 Å². The number of methoxy groups -OCH3 is 1. The van der Waals surface area contributed by atoms with Crippen molar-refractivity contribution in [2.24, 2.45) is 5.92 Å². The number of hydrogen-bond donors (Lipinski definition) is 3. The molecule has 2 amide bonds. The second-order valence-electron chi connectivity index (χ2n) is 5.60. The molecule has 116 valence electrons. The zero-order valence-electron chi connectivity index (χ0n) is 12.4. The van der Waals surface area contributed by atoms with Gasteiger partial charge in [-0.15, -0.1) is 0 Å². The summed E-state index contributed by atoms with van der Waals surface area (Å²) in [6, 6.07) is -1.07. The third kappa shape index (κ3) is 6.23. The summed E-state index contributed by atoms with van der Waals surface area (Å²) in [6.07, 6.45) is 5.14. The first kappa shape index (κ1) is 16.8. The number of carboxylic acid groups (broad SMARTS) is 1. The summed E-state index contributed by atoms with van der Waals surface area (Å²) in [7, 11) is 1.57.